The number of hydrogen-bond acceptors (Lipinski definition) is 3. The summed E-state index contributed by atoms with van der Waals surface area (Å²) in [5.74, 6) is 0.639. The van der Waals surface area contributed by atoms with Crippen molar-refractivity contribution in [1.29, 1.82) is 0 Å². The van der Waals surface area contributed by atoms with Gasteiger partial charge >= 0.3 is 0 Å². The number of nitrogens with zero attached hydrogens (tertiary/aromatic N) is 1. The topological polar surface area (TPSA) is 34.1 Å². The van der Waals surface area contributed by atoms with Crippen LogP contribution in [-0.4, -0.2) is 18.6 Å². The molecule has 0 saturated heterocycles. The summed E-state index contributed by atoms with van der Waals surface area (Å²) < 4.78 is 5.24. The van der Waals surface area contributed by atoms with Gasteiger partial charge in [-0.2, -0.15) is 0 Å². The molecule has 0 aliphatic heterocycles. The molecule has 0 atom stereocenters. The minimum Gasteiger partial charge on any atom is -0.473 e. The minimum absolute atomic E-state index is 0.498. The molecule has 13 heavy (non-hydrogen) atoms. The molecule has 0 bridgehead atoms. The summed E-state index contributed by atoms with van der Waals surface area (Å²) in [7, 11) is 1.90. The quantitative estimate of drug-likeness (QED) is 0.691. The second kappa shape index (κ2) is 5.32. The smallest absolute Gasteiger partial charge is 0.213 e. The highest BCUT2D eigenvalue weighted by Gasteiger charge is 1.94. The Morgan fingerprint density at radius 3 is 3.00 bits per heavy atom. The minimum atomic E-state index is 0.498. The maximum Gasteiger partial charge on any atom is 0.213 e. The lowest BCUT2D eigenvalue weighted by atomic mass is 10.3. The molecule has 1 N–H and O–H groups in total. The van der Waals surface area contributed by atoms with Crippen molar-refractivity contribution in [2.75, 3.05) is 13.7 Å². The van der Waals surface area contributed by atoms with Gasteiger partial charge in [-0.1, -0.05) is 18.7 Å². The molecule has 1 aromatic rings. The Bertz CT molecular complexity index is 256. The molecule has 70 valence electrons. The Balaban J connectivity index is 2.53. The fraction of sp³-hybridized carbons (Fsp3) is 0.300. The van der Waals surface area contributed by atoms with Crippen LogP contribution in [0.1, 0.15) is 5.56 Å². The molecular weight excluding hydrogens is 164 g/mol. The highest BCUT2D eigenvalue weighted by molar-refractivity contribution is 5.17. The molecule has 0 spiro atoms. The van der Waals surface area contributed by atoms with E-state index in [1.54, 1.807) is 12.3 Å². The molecule has 0 amide bonds. The van der Waals surface area contributed by atoms with E-state index < -0.39 is 0 Å². The molecule has 3 heteroatoms. The van der Waals surface area contributed by atoms with E-state index in [2.05, 4.69) is 16.9 Å². The summed E-state index contributed by atoms with van der Waals surface area (Å²) in [6.45, 7) is 4.89. The van der Waals surface area contributed by atoms with Gasteiger partial charge in [-0.05, 0) is 12.6 Å². The third-order valence-electron chi connectivity index (χ3n) is 1.53. The third-order valence-corrected chi connectivity index (χ3v) is 1.53. The van der Waals surface area contributed by atoms with Crippen LogP contribution in [-0.2, 0) is 6.54 Å². The maximum absolute atomic E-state index is 5.24. The first-order chi connectivity index (χ1) is 6.36. The standard InChI is InChI=1S/C10H14N2O/c1-3-6-13-10-5-4-9(7-11-2)8-12-10/h3-5,8,11H,1,6-7H2,2H3. The molecule has 0 aromatic carbocycles. The van der Waals surface area contributed by atoms with Crippen LogP contribution in [0.5, 0.6) is 5.88 Å². The summed E-state index contributed by atoms with van der Waals surface area (Å²) in [6.07, 6.45) is 3.50. The van der Waals surface area contributed by atoms with Crippen LogP contribution in [0, 0.1) is 0 Å². The van der Waals surface area contributed by atoms with Crippen molar-refractivity contribution in [2.24, 2.45) is 0 Å². The Morgan fingerprint density at radius 2 is 2.46 bits per heavy atom. The normalized spacial score (nSPS) is 9.62. The number of ether oxygens (including phenoxy) is 1. The van der Waals surface area contributed by atoms with Gasteiger partial charge in [0, 0.05) is 18.8 Å². The molecule has 1 rings (SSSR count). The van der Waals surface area contributed by atoms with Crippen molar-refractivity contribution >= 4 is 0 Å². The molecule has 3 nitrogen and oxygen atoms in total. The van der Waals surface area contributed by atoms with Crippen LogP contribution in [0.3, 0.4) is 0 Å². The molecule has 0 fully saturated rings. The Kier molecular flexibility index (Phi) is 3.99. The Labute approximate surface area is 78.4 Å². The van der Waals surface area contributed by atoms with E-state index in [0.717, 1.165) is 12.1 Å². The monoisotopic (exact) mass is 178 g/mol. The van der Waals surface area contributed by atoms with Gasteiger partial charge in [-0.3, -0.25) is 0 Å². The van der Waals surface area contributed by atoms with Crippen molar-refractivity contribution in [1.82, 2.24) is 10.3 Å². The second-order valence-corrected chi connectivity index (χ2v) is 2.63. The zero-order valence-electron chi connectivity index (χ0n) is 7.79. The van der Waals surface area contributed by atoms with Crippen molar-refractivity contribution < 1.29 is 4.74 Å². The van der Waals surface area contributed by atoms with E-state index in [0.29, 0.717) is 12.5 Å². The van der Waals surface area contributed by atoms with E-state index in [4.69, 9.17) is 4.74 Å². The number of nitrogens with one attached hydrogen (secondary N) is 1. The van der Waals surface area contributed by atoms with Crippen LogP contribution >= 0.6 is 0 Å². The molecular formula is C10H14N2O. The first-order valence-corrected chi connectivity index (χ1v) is 4.20. The predicted octanol–water partition coefficient (Wildman–Crippen LogP) is 1.37. The van der Waals surface area contributed by atoms with E-state index in [-0.39, 0.29) is 0 Å². The lowest BCUT2D eigenvalue weighted by Gasteiger charge is -2.03. The van der Waals surface area contributed by atoms with E-state index in [1.807, 2.05) is 19.2 Å². The van der Waals surface area contributed by atoms with Gasteiger partial charge in [0.1, 0.15) is 6.61 Å². The van der Waals surface area contributed by atoms with Crippen molar-refractivity contribution in [2.45, 2.75) is 6.54 Å². The maximum atomic E-state index is 5.24. The predicted molar refractivity (Wildman–Crippen MR) is 52.7 cm³/mol. The molecule has 0 radical (unpaired) electrons. The van der Waals surface area contributed by atoms with Gasteiger partial charge in [-0.25, -0.2) is 4.98 Å². The Hall–Kier alpha value is -1.35. The zero-order chi connectivity index (χ0) is 9.52. The molecule has 0 unspecified atom stereocenters. The largest absolute Gasteiger partial charge is 0.473 e. The summed E-state index contributed by atoms with van der Waals surface area (Å²) in [6, 6.07) is 3.85. The average Bonchev–Trinajstić information content (AvgIpc) is 2.17. The first kappa shape index (κ1) is 9.74. The number of aromatic nitrogens is 1. The molecule has 0 saturated carbocycles. The van der Waals surface area contributed by atoms with E-state index in [1.165, 1.54) is 0 Å². The average molecular weight is 178 g/mol. The summed E-state index contributed by atoms with van der Waals surface area (Å²) in [5, 5.41) is 3.05. The third kappa shape index (κ3) is 3.25. The molecule has 0 aliphatic carbocycles. The fourth-order valence-electron chi connectivity index (χ4n) is 0.949. The first-order valence-electron chi connectivity index (χ1n) is 4.20. The van der Waals surface area contributed by atoms with E-state index >= 15 is 0 Å². The van der Waals surface area contributed by atoms with Crippen LogP contribution < -0.4 is 10.1 Å². The van der Waals surface area contributed by atoms with Gasteiger partial charge in [-0.15, -0.1) is 0 Å². The SMILES string of the molecule is C=CCOc1ccc(CNC)cn1. The van der Waals surface area contributed by atoms with Gasteiger partial charge in [0.2, 0.25) is 5.88 Å². The van der Waals surface area contributed by atoms with Crippen LogP contribution in [0.4, 0.5) is 0 Å². The second-order valence-electron chi connectivity index (χ2n) is 2.63. The highest BCUT2D eigenvalue weighted by atomic mass is 16.5. The summed E-state index contributed by atoms with van der Waals surface area (Å²) >= 11 is 0. The lowest BCUT2D eigenvalue weighted by Crippen LogP contribution is -2.05. The van der Waals surface area contributed by atoms with Crippen molar-refractivity contribution in [3.63, 3.8) is 0 Å². The highest BCUT2D eigenvalue weighted by Crippen LogP contribution is 2.06. The van der Waals surface area contributed by atoms with Crippen molar-refractivity contribution in [3.8, 4) is 5.88 Å². The number of hydrogen-bond donors (Lipinski definition) is 1. The van der Waals surface area contributed by atoms with Crippen LogP contribution in [0.15, 0.2) is 31.0 Å². The summed E-state index contributed by atoms with van der Waals surface area (Å²) in [4.78, 5) is 4.12. The van der Waals surface area contributed by atoms with Gasteiger partial charge in [0.25, 0.3) is 0 Å². The molecule has 1 aromatic heterocycles. The number of pyridine rings is 1. The van der Waals surface area contributed by atoms with Gasteiger partial charge in [0.15, 0.2) is 0 Å². The fourth-order valence-corrected chi connectivity index (χ4v) is 0.949. The van der Waals surface area contributed by atoms with E-state index in [9.17, 15) is 0 Å². The van der Waals surface area contributed by atoms with Crippen LogP contribution in [0.25, 0.3) is 0 Å². The van der Waals surface area contributed by atoms with Crippen LogP contribution in [0.2, 0.25) is 0 Å². The van der Waals surface area contributed by atoms with Gasteiger partial charge in [0.05, 0.1) is 0 Å². The summed E-state index contributed by atoms with van der Waals surface area (Å²) in [5.41, 5.74) is 1.15. The molecule has 1 heterocycles. The zero-order valence-corrected chi connectivity index (χ0v) is 7.79. The molecule has 0 aliphatic rings. The Morgan fingerprint density at radius 1 is 1.62 bits per heavy atom. The lowest BCUT2D eigenvalue weighted by molar-refractivity contribution is 0.348. The van der Waals surface area contributed by atoms with Gasteiger partial charge < -0.3 is 10.1 Å². The van der Waals surface area contributed by atoms with Crippen molar-refractivity contribution in [3.05, 3.63) is 36.5 Å². The number of rotatable bonds is 5.